The van der Waals surface area contributed by atoms with Gasteiger partial charge in [0, 0.05) is 36.9 Å². The van der Waals surface area contributed by atoms with E-state index in [4.69, 9.17) is 24.3 Å². The van der Waals surface area contributed by atoms with Gasteiger partial charge < -0.3 is 24.2 Å². The van der Waals surface area contributed by atoms with Crippen molar-refractivity contribution >= 4 is 23.1 Å². The Labute approximate surface area is 249 Å². The molecule has 2 aliphatic heterocycles. The van der Waals surface area contributed by atoms with Crippen molar-refractivity contribution in [1.29, 1.82) is 0 Å². The Balaban J connectivity index is 1.45. The average molecular weight is 584 g/mol. The minimum atomic E-state index is -1.24. The second-order valence-electron chi connectivity index (χ2n) is 10.5. The number of aromatic nitrogens is 1. The molecule has 0 saturated heterocycles. The summed E-state index contributed by atoms with van der Waals surface area (Å²) in [6.45, 7) is 3.32. The topological polar surface area (TPSA) is 93.5 Å². The molecule has 1 spiro atoms. The van der Waals surface area contributed by atoms with Crippen LogP contribution in [0.1, 0.15) is 45.5 Å². The van der Waals surface area contributed by atoms with E-state index in [0.29, 0.717) is 49.9 Å². The van der Waals surface area contributed by atoms with E-state index in [9.17, 15) is 4.79 Å². The zero-order valence-corrected chi connectivity index (χ0v) is 24.5. The van der Waals surface area contributed by atoms with Crippen molar-refractivity contribution in [2.75, 3.05) is 20.3 Å². The number of methoxy groups -OCH3 is 1. The largest absolute Gasteiger partial charge is 0.497 e. The lowest BCUT2D eigenvalue weighted by Gasteiger charge is -2.33. The van der Waals surface area contributed by atoms with Gasteiger partial charge in [-0.25, -0.2) is 9.98 Å². The van der Waals surface area contributed by atoms with Crippen molar-refractivity contribution in [2.45, 2.75) is 44.5 Å². The molecule has 6 rings (SSSR count). The molecule has 0 unspecified atom stereocenters. The number of benzene rings is 3. The van der Waals surface area contributed by atoms with Crippen molar-refractivity contribution in [1.82, 2.24) is 9.88 Å². The maximum absolute atomic E-state index is 14.8. The predicted octanol–water partition coefficient (Wildman–Crippen LogP) is 5.26. The Kier molecular flexibility index (Phi) is 7.95. The summed E-state index contributed by atoms with van der Waals surface area (Å²) in [5.41, 5.74) is 3.34. The third-order valence-corrected chi connectivity index (χ3v) is 8.47. The van der Waals surface area contributed by atoms with Crippen LogP contribution >= 0.6 is 11.3 Å². The summed E-state index contributed by atoms with van der Waals surface area (Å²) < 4.78 is 17.9. The van der Waals surface area contributed by atoms with E-state index in [0.717, 1.165) is 33.0 Å². The predicted molar refractivity (Wildman–Crippen MR) is 161 cm³/mol. The van der Waals surface area contributed by atoms with Crippen LogP contribution in [0.15, 0.2) is 83.2 Å². The van der Waals surface area contributed by atoms with Crippen LogP contribution in [-0.4, -0.2) is 52.7 Å². The smallest absolute Gasteiger partial charge is 0.255 e. The molecule has 2 aliphatic rings. The Morgan fingerprint density at radius 1 is 1.07 bits per heavy atom. The van der Waals surface area contributed by atoms with Crippen molar-refractivity contribution in [3.05, 3.63) is 111 Å². The summed E-state index contributed by atoms with van der Waals surface area (Å²) in [6.07, 6.45) is 0.270. The maximum atomic E-state index is 14.8. The van der Waals surface area contributed by atoms with Crippen LogP contribution in [0.3, 0.4) is 0 Å². The number of ether oxygens (including phenoxy) is 3. The Bertz CT molecular complexity index is 1600. The van der Waals surface area contributed by atoms with E-state index in [1.165, 1.54) is 0 Å². The van der Waals surface area contributed by atoms with Crippen molar-refractivity contribution in [2.24, 2.45) is 4.99 Å². The summed E-state index contributed by atoms with van der Waals surface area (Å²) in [5, 5.41) is 12.0. The van der Waals surface area contributed by atoms with Gasteiger partial charge in [0.15, 0.2) is 11.6 Å². The van der Waals surface area contributed by atoms with E-state index in [1.54, 1.807) is 18.4 Å². The van der Waals surface area contributed by atoms with Gasteiger partial charge in [0.25, 0.3) is 5.91 Å². The standard InChI is InChI=1S/C33H33N3O5S/c1-22-34-27(21-42-22)20-36-19-26-8-4-3-7-25(26)18-33(32(36)38)30(24-9-5-10-29(17-24)39-2)41-31(35-33)23-11-13-28(14-12-23)40-16-6-15-37/h3-5,7-14,17,21,30,37H,6,15-16,18-20H2,1-2H3/t30-,33-/m1/s1. The molecule has 0 radical (unpaired) electrons. The highest BCUT2D eigenvalue weighted by molar-refractivity contribution is 7.09. The number of hydrogen-bond donors (Lipinski definition) is 1. The molecule has 0 bridgehead atoms. The van der Waals surface area contributed by atoms with Crippen LogP contribution in [0.25, 0.3) is 0 Å². The normalized spacial score (nSPS) is 19.7. The number of aliphatic hydroxyl groups excluding tert-OH is 1. The lowest BCUT2D eigenvalue weighted by molar-refractivity contribution is -0.140. The van der Waals surface area contributed by atoms with Crippen LogP contribution in [0.4, 0.5) is 0 Å². The highest BCUT2D eigenvalue weighted by Gasteiger charge is 2.56. The Morgan fingerprint density at radius 3 is 2.62 bits per heavy atom. The van der Waals surface area contributed by atoms with Gasteiger partial charge in [-0.2, -0.15) is 0 Å². The fraction of sp³-hybridized carbons (Fsp3) is 0.303. The molecule has 216 valence electrons. The molecule has 42 heavy (non-hydrogen) atoms. The van der Waals surface area contributed by atoms with E-state index in [1.807, 2.05) is 77.9 Å². The quantitative estimate of drug-likeness (QED) is 0.270. The molecule has 0 aliphatic carbocycles. The number of nitrogens with zero attached hydrogens (tertiary/aromatic N) is 3. The molecular formula is C33H33N3O5S. The van der Waals surface area contributed by atoms with Crippen molar-refractivity contribution in [3.8, 4) is 11.5 Å². The molecule has 3 aromatic carbocycles. The van der Waals surface area contributed by atoms with Gasteiger partial charge in [-0.1, -0.05) is 36.4 Å². The van der Waals surface area contributed by atoms with Gasteiger partial charge in [-0.3, -0.25) is 4.79 Å². The highest BCUT2D eigenvalue weighted by atomic mass is 32.1. The molecule has 0 fully saturated rings. The molecule has 1 aromatic heterocycles. The first kappa shape index (κ1) is 27.9. The summed E-state index contributed by atoms with van der Waals surface area (Å²) in [5.74, 6) is 1.67. The third kappa shape index (κ3) is 5.49. The molecule has 2 atom stereocenters. The van der Waals surface area contributed by atoms with E-state index >= 15 is 0 Å². The van der Waals surface area contributed by atoms with Crippen LogP contribution < -0.4 is 9.47 Å². The van der Waals surface area contributed by atoms with Gasteiger partial charge in [0.2, 0.25) is 5.90 Å². The number of hydrogen-bond acceptors (Lipinski definition) is 8. The molecule has 0 saturated carbocycles. The molecule has 4 aromatic rings. The summed E-state index contributed by atoms with van der Waals surface area (Å²) in [6, 6.07) is 23.3. The second kappa shape index (κ2) is 12.0. The van der Waals surface area contributed by atoms with Gasteiger partial charge in [-0.15, -0.1) is 11.3 Å². The fourth-order valence-corrected chi connectivity index (χ4v) is 6.21. The van der Waals surface area contributed by atoms with Gasteiger partial charge >= 0.3 is 0 Å². The first-order chi connectivity index (χ1) is 20.5. The van der Waals surface area contributed by atoms with Crippen molar-refractivity contribution in [3.63, 3.8) is 0 Å². The number of fused-ring (bicyclic) bond motifs is 1. The number of carbonyl (C=O) groups excluding carboxylic acids is 1. The molecule has 9 heteroatoms. The maximum Gasteiger partial charge on any atom is 0.255 e. The third-order valence-electron chi connectivity index (χ3n) is 7.65. The number of carbonyl (C=O) groups is 1. The van der Waals surface area contributed by atoms with E-state index in [2.05, 4.69) is 17.1 Å². The molecule has 3 heterocycles. The average Bonchev–Trinajstić information content (AvgIpc) is 3.58. The minimum Gasteiger partial charge on any atom is -0.497 e. The highest BCUT2D eigenvalue weighted by Crippen LogP contribution is 2.46. The zero-order valence-electron chi connectivity index (χ0n) is 23.7. The van der Waals surface area contributed by atoms with E-state index in [-0.39, 0.29) is 12.5 Å². The molecule has 1 N–H and O–H groups in total. The number of aryl methyl sites for hydroxylation is 1. The number of aliphatic hydroxyl groups is 1. The minimum absolute atomic E-state index is 0.0761. The number of rotatable bonds is 9. The Morgan fingerprint density at radius 2 is 1.88 bits per heavy atom. The molecular weight excluding hydrogens is 550 g/mol. The second-order valence-corrected chi connectivity index (χ2v) is 11.6. The van der Waals surface area contributed by atoms with Crippen LogP contribution in [0.2, 0.25) is 0 Å². The van der Waals surface area contributed by atoms with Gasteiger partial charge in [-0.05, 0) is 60.0 Å². The van der Waals surface area contributed by atoms with Crippen molar-refractivity contribution < 1.29 is 24.1 Å². The summed E-state index contributed by atoms with van der Waals surface area (Å²) in [4.78, 5) is 26.5. The SMILES string of the molecule is COc1cccc([C@H]2OC(c3ccc(OCCCO)cc3)=N[C@]23Cc2ccccc2CN(Cc2csc(C)n2)C3=O)c1. The zero-order chi connectivity index (χ0) is 29.1. The first-order valence-electron chi connectivity index (χ1n) is 14.0. The van der Waals surface area contributed by atoms with Crippen LogP contribution in [-0.2, 0) is 29.0 Å². The van der Waals surface area contributed by atoms with Gasteiger partial charge in [0.1, 0.15) is 11.5 Å². The van der Waals surface area contributed by atoms with Gasteiger partial charge in [0.05, 0.1) is 31.0 Å². The first-order valence-corrected chi connectivity index (χ1v) is 14.9. The fourth-order valence-electron chi connectivity index (χ4n) is 5.60. The summed E-state index contributed by atoms with van der Waals surface area (Å²) >= 11 is 1.58. The lowest BCUT2D eigenvalue weighted by atomic mass is 9.81. The van der Waals surface area contributed by atoms with Crippen LogP contribution in [0, 0.1) is 6.92 Å². The monoisotopic (exact) mass is 583 g/mol. The van der Waals surface area contributed by atoms with Crippen LogP contribution in [0.5, 0.6) is 11.5 Å². The lowest BCUT2D eigenvalue weighted by Crippen LogP contribution is -2.49. The number of thiazole rings is 1. The molecule has 1 amide bonds. The number of amides is 1. The molecule has 8 nitrogen and oxygen atoms in total. The summed E-state index contributed by atoms with van der Waals surface area (Å²) in [7, 11) is 1.63. The number of aliphatic imine (C=N–C) groups is 1. The Hall–Kier alpha value is -4.21. The van der Waals surface area contributed by atoms with E-state index < -0.39 is 11.6 Å².